The number of rotatable bonds is 6. The third-order valence-electron chi connectivity index (χ3n) is 3.87. The first-order chi connectivity index (χ1) is 12.8. The van der Waals surface area contributed by atoms with Gasteiger partial charge in [0.15, 0.2) is 5.13 Å². The Labute approximate surface area is 161 Å². The number of benzene rings is 1. The third kappa shape index (κ3) is 4.07. The number of anilines is 1. The Morgan fingerprint density at radius 3 is 2.56 bits per heavy atom. The summed E-state index contributed by atoms with van der Waals surface area (Å²) in [6.07, 6.45) is 3.19. The van der Waals surface area contributed by atoms with Crippen molar-refractivity contribution in [2.75, 3.05) is 19.4 Å². The van der Waals surface area contributed by atoms with E-state index in [0.717, 1.165) is 5.56 Å². The molecule has 0 spiro atoms. The van der Waals surface area contributed by atoms with Crippen LogP contribution in [0.25, 0.3) is 11.3 Å². The number of aromatic nitrogens is 3. The lowest BCUT2D eigenvalue weighted by Crippen LogP contribution is -2.22. The molecule has 8 nitrogen and oxygen atoms in total. The Bertz CT molecular complexity index is 1050. The predicted octanol–water partition coefficient (Wildman–Crippen LogP) is 2.53. The Morgan fingerprint density at radius 2 is 1.96 bits per heavy atom. The summed E-state index contributed by atoms with van der Waals surface area (Å²) in [5.41, 5.74) is 1.89. The van der Waals surface area contributed by atoms with Gasteiger partial charge in [0.1, 0.15) is 0 Å². The minimum Gasteiger partial charge on any atom is -0.298 e. The first-order valence-electron chi connectivity index (χ1n) is 8.13. The van der Waals surface area contributed by atoms with Gasteiger partial charge in [0.25, 0.3) is 5.91 Å². The number of aryl methyl sites for hydroxylation is 1. The molecule has 0 radical (unpaired) electrons. The highest BCUT2D eigenvalue weighted by molar-refractivity contribution is 7.89. The largest absolute Gasteiger partial charge is 0.298 e. The van der Waals surface area contributed by atoms with Crippen molar-refractivity contribution in [2.45, 2.75) is 18.4 Å². The van der Waals surface area contributed by atoms with E-state index < -0.39 is 10.0 Å². The number of sulfonamides is 1. The molecule has 0 saturated carbocycles. The molecule has 0 unspecified atom stereocenters. The standard InChI is InChI=1S/C17H19N5O3S2/c1-4-22-10-13(9-18-22)16(23)20-17-19-15(11-26-17)12-5-7-14(8-6-12)27(24,25)21(2)3/h5-11H,4H2,1-3H3,(H,19,20,23). The van der Waals surface area contributed by atoms with Crippen LogP contribution in [0.1, 0.15) is 17.3 Å². The van der Waals surface area contributed by atoms with Crippen molar-refractivity contribution in [1.82, 2.24) is 19.1 Å². The highest BCUT2D eigenvalue weighted by Gasteiger charge is 2.17. The van der Waals surface area contributed by atoms with Crippen LogP contribution in [0.4, 0.5) is 5.13 Å². The van der Waals surface area contributed by atoms with Crippen LogP contribution < -0.4 is 5.32 Å². The van der Waals surface area contributed by atoms with Gasteiger partial charge in [-0.1, -0.05) is 12.1 Å². The van der Waals surface area contributed by atoms with Crippen molar-refractivity contribution in [3.8, 4) is 11.3 Å². The molecule has 1 amide bonds. The van der Waals surface area contributed by atoms with Crippen molar-refractivity contribution in [3.05, 3.63) is 47.6 Å². The topological polar surface area (TPSA) is 97.2 Å². The molecule has 2 aromatic heterocycles. The normalized spacial score (nSPS) is 11.7. The smallest absolute Gasteiger partial charge is 0.260 e. The second-order valence-electron chi connectivity index (χ2n) is 5.89. The fourth-order valence-electron chi connectivity index (χ4n) is 2.30. The van der Waals surface area contributed by atoms with Gasteiger partial charge in [-0.25, -0.2) is 17.7 Å². The molecule has 1 N–H and O–H groups in total. The minimum absolute atomic E-state index is 0.216. The third-order valence-corrected chi connectivity index (χ3v) is 6.46. The number of hydrogen-bond acceptors (Lipinski definition) is 6. The number of nitrogens with zero attached hydrogens (tertiary/aromatic N) is 4. The molecule has 0 aliphatic rings. The van der Waals surface area contributed by atoms with E-state index in [4.69, 9.17) is 0 Å². The van der Waals surface area contributed by atoms with Gasteiger partial charge >= 0.3 is 0 Å². The van der Waals surface area contributed by atoms with Gasteiger partial charge in [-0.2, -0.15) is 5.10 Å². The molecule has 142 valence electrons. The summed E-state index contributed by atoms with van der Waals surface area (Å²) in [7, 11) is -0.489. The Morgan fingerprint density at radius 1 is 1.26 bits per heavy atom. The molecule has 10 heteroatoms. The Kier molecular flexibility index (Phi) is 5.40. The van der Waals surface area contributed by atoms with Crippen molar-refractivity contribution in [2.24, 2.45) is 0 Å². The average Bonchev–Trinajstić information content (AvgIpc) is 3.31. The van der Waals surface area contributed by atoms with E-state index in [1.165, 1.54) is 35.9 Å². The first-order valence-corrected chi connectivity index (χ1v) is 10.5. The number of amides is 1. The van der Waals surface area contributed by atoms with Crippen LogP contribution in [0.3, 0.4) is 0 Å². The van der Waals surface area contributed by atoms with Crippen LogP contribution in [0, 0.1) is 0 Å². The predicted molar refractivity (Wildman–Crippen MR) is 104 cm³/mol. The second kappa shape index (κ2) is 7.59. The zero-order valence-electron chi connectivity index (χ0n) is 15.1. The number of thiazole rings is 1. The van der Waals surface area contributed by atoms with E-state index in [1.807, 2.05) is 6.92 Å². The summed E-state index contributed by atoms with van der Waals surface area (Å²) in [5, 5.41) is 9.09. The van der Waals surface area contributed by atoms with Crippen LogP contribution in [0.2, 0.25) is 0 Å². The molecule has 0 saturated heterocycles. The van der Waals surface area contributed by atoms with E-state index >= 15 is 0 Å². The lowest BCUT2D eigenvalue weighted by Gasteiger charge is -2.11. The lowest BCUT2D eigenvalue weighted by molar-refractivity contribution is 0.102. The zero-order chi connectivity index (χ0) is 19.6. The monoisotopic (exact) mass is 405 g/mol. The van der Waals surface area contributed by atoms with Crippen LogP contribution in [0.15, 0.2) is 46.9 Å². The summed E-state index contributed by atoms with van der Waals surface area (Å²) in [6.45, 7) is 2.63. The summed E-state index contributed by atoms with van der Waals surface area (Å²) in [5.74, 6) is -0.275. The zero-order valence-corrected chi connectivity index (χ0v) is 16.7. The molecule has 2 heterocycles. The molecule has 3 aromatic rings. The van der Waals surface area contributed by atoms with Crippen LogP contribution >= 0.6 is 11.3 Å². The fraction of sp³-hybridized carbons (Fsp3) is 0.235. The Hall–Kier alpha value is -2.56. The van der Waals surface area contributed by atoms with Crippen molar-refractivity contribution in [3.63, 3.8) is 0 Å². The number of carbonyl (C=O) groups excluding carboxylic acids is 1. The highest BCUT2D eigenvalue weighted by Crippen LogP contribution is 2.26. The second-order valence-corrected chi connectivity index (χ2v) is 8.90. The van der Waals surface area contributed by atoms with Crippen LogP contribution in [-0.4, -0.2) is 47.5 Å². The van der Waals surface area contributed by atoms with E-state index in [2.05, 4.69) is 15.4 Å². The van der Waals surface area contributed by atoms with Gasteiger partial charge < -0.3 is 0 Å². The molecule has 0 bridgehead atoms. The summed E-state index contributed by atoms with van der Waals surface area (Å²) in [6, 6.07) is 6.48. The van der Waals surface area contributed by atoms with E-state index in [1.54, 1.807) is 40.5 Å². The molecule has 0 atom stereocenters. The van der Waals surface area contributed by atoms with E-state index in [9.17, 15) is 13.2 Å². The molecule has 0 aliphatic carbocycles. The quantitative estimate of drug-likeness (QED) is 0.680. The maximum atomic E-state index is 12.2. The molecule has 27 heavy (non-hydrogen) atoms. The number of hydrogen-bond donors (Lipinski definition) is 1. The van der Waals surface area contributed by atoms with Crippen molar-refractivity contribution < 1.29 is 13.2 Å². The van der Waals surface area contributed by atoms with Crippen molar-refractivity contribution in [1.29, 1.82) is 0 Å². The number of carbonyl (C=O) groups is 1. The maximum absolute atomic E-state index is 12.2. The van der Waals surface area contributed by atoms with Crippen molar-refractivity contribution >= 4 is 32.4 Å². The van der Waals surface area contributed by atoms with Gasteiger partial charge in [0.05, 0.1) is 22.3 Å². The number of nitrogens with one attached hydrogen (secondary N) is 1. The van der Waals surface area contributed by atoms with Gasteiger partial charge in [-0.3, -0.25) is 14.8 Å². The van der Waals surface area contributed by atoms with Gasteiger partial charge in [0, 0.05) is 37.8 Å². The lowest BCUT2D eigenvalue weighted by atomic mass is 10.2. The average molecular weight is 406 g/mol. The maximum Gasteiger partial charge on any atom is 0.260 e. The molecule has 3 rings (SSSR count). The van der Waals surface area contributed by atoms with Gasteiger partial charge in [-0.05, 0) is 19.1 Å². The minimum atomic E-state index is -3.47. The molecule has 1 aromatic carbocycles. The summed E-state index contributed by atoms with van der Waals surface area (Å²) < 4.78 is 27.1. The molecule has 0 fully saturated rings. The fourth-order valence-corrected chi connectivity index (χ4v) is 3.91. The van der Waals surface area contributed by atoms with Gasteiger partial charge in [0.2, 0.25) is 10.0 Å². The van der Waals surface area contributed by atoms with E-state index in [0.29, 0.717) is 22.9 Å². The van der Waals surface area contributed by atoms with E-state index in [-0.39, 0.29) is 10.8 Å². The molecular formula is C17H19N5O3S2. The van der Waals surface area contributed by atoms with Gasteiger partial charge in [-0.15, -0.1) is 11.3 Å². The molecular weight excluding hydrogens is 386 g/mol. The summed E-state index contributed by atoms with van der Waals surface area (Å²) >= 11 is 1.30. The highest BCUT2D eigenvalue weighted by atomic mass is 32.2. The SMILES string of the molecule is CCn1cc(C(=O)Nc2nc(-c3ccc(S(=O)(=O)N(C)C)cc3)cs2)cn1. The first kappa shape index (κ1) is 19.2. The molecule has 0 aliphatic heterocycles. The Balaban J connectivity index is 1.75. The van der Waals surface area contributed by atoms with Crippen LogP contribution in [-0.2, 0) is 16.6 Å². The van der Waals surface area contributed by atoms with Crippen LogP contribution in [0.5, 0.6) is 0 Å². The summed E-state index contributed by atoms with van der Waals surface area (Å²) in [4.78, 5) is 16.9.